The second kappa shape index (κ2) is 10.9. The normalized spacial score (nSPS) is 13.9. The maximum atomic E-state index is 12.7. The van der Waals surface area contributed by atoms with Gasteiger partial charge in [0, 0.05) is 31.9 Å². The van der Waals surface area contributed by atoms with E-state index in [1.807, 2.05) is 24.3 Å². The predicted molar refractivity (Wildman–Crippen MR) is 136 cm³/mol. The van der Waals surface area contributed by atoms with Crippen LogP contribution in [-0.4, -0.2) is 59.1 Å². The Labute approximate surface area is 210 Å². The number of para-hydroxylation sites is 3. The van der Waals surface area contributed by atoms with Gasteiger partial charge in [-0.1, -0.05) is 41.9 Å². The van der Waals surface area contributed by atoms with E-state index in [4.69, 9.17) is 21.1 Å². The van der Waals surface area contributed by atoms with Crippen LogP contribution in [0, 0.1) is 0 Å². The average Bonchev–Trinajstić information content (AvgIpc) is 2.88. The molecule has 0 unspecified atom stereocenters. The first kappa shape index (κ1) is 24.7. The summed E-state index contributed by atoms with van der Waals surface area (Å²) in [5, 5.41) is 0.106. The van der Waals surface area contributed by atoms with Crippen LogP contribution < -0.4 is 19.1 Å². The lowest BCUT2D eigenvalue weighted by Gasteiger charge is -2.36. The fraction of sp³-hybridized carbons (Fsp3) is 0.240. The monoisotopic (exact) mass is 515 g/mol. The molecule has 1 heterocycles. The van der Waals surface area contributed by atoms with Crippen molar-refractivity contribution in [1.29, 1.82) is 0 Å². The third-order valence-electron chi connectivity index (χ3n) is 5.65. The third kappa shape index (κ3) is 5.98. The summed E-state index contributed by atoms with van der Waals surface area (Å²) in [4.78, 5) is 16.6. The number of piperazine rings is 1. The molecular weight excluding hydrogens is 490 g/mol. The van der Waals surface area contributed by atoms with Crippen molar-refractivity contribution in [3.63, 3.8) is 0 Å². The molecule has 0 bridgehead atoms. The molecule has 0 atom stereocenters. The van der Waals surface area contributed by atoms with Gasteiger partial charge >= 0.3 is 0 Å². The molecule has 0 aromatic heterocycles. The van der Waals surface area contributed by atoms with Crippen molar-refractivity contribution in [1.82, 2.24) is 4.90 Å². The number of methoxy groups -OCH3 is 1. The Hall–Kier alpha value is -3.43. The Bertz CT molecular complexity index is 1280. The van der Waals surface area contributed by atoms with Gasteiger partial charge in [-0.05, 0) is 42.5 Å². The molecule has 0 spiro atoms. The van der Waals surface area contributed by atoms with Crippen LogP contribution in [-0.2, 0) is 14.8 Å². The third-order valence-corrected chi connectivity index (χ3v) is 7.32. The van der Waals surface area contributed by atoms with Crippen molar-refractivity contribution in [2.75, 3.05) is 49.5 Å². The van der Waals surface area contributed by atoms with Crippen molar-refractivity contribution >= 4 is 38.9 Å². The first-order valence-electron chi connectivity index (χ1n) is 11.0. The number of halogens is 1. The van der Waals surface area contributed by atoms with Gasteiger partial charge in [-0.15, -0.1) is 0 Å². The lowest BCUT2D eigenvalue weighted by atomic mass is 10.2. The number of sulfonamides is 1. The average molecular weight is 516 g/mol. The summed E-state index contributed by atoms with van der Waals surface area (Å²) in [5.74, 6) is 0.879. The van der Waals surface area contributed by atoms with Crippen LogP contribution in [0.5, 0.6) is 11.5 Å². The molecule has 0 radical (unpaired) electrons. The number of amides is 1. The fourth-order valence-corrected chi connectivity index (χ4v) is 5.19. The van der Waals surface area contributed by atoms with E-state index in [-0.39, 0.29) is 28.2 Å². The van der Waals surface area contributed by atoms with Gasteiger partial charge in [0.2, 0.25) is 0 Å². The van der Waals surface area contributed by atoms with Crippen LogP contribution in [0.15, 0.2) is 77.7 Å². The number of nitrogens with one attached hydrogen (secondary N) is 1. The number of carbonyl (C=O) groups excluding carboxylic acids is 1. The minimum atomic E-state index is -3.81. The molecule has 0 aliphatic carbocycles. The molecular formula is C25H26ClN3O5S. The van der Waals surface area contributed by atoms with Gasteiger partial charge in [0.1, 0.15) is 11.5 Å². The molecule has 0 saturated carbocycles. The maximum absolute atomic E-state index is 12.7. The lowest BCUT2D eigenvalue weighted by Crippen LogP contribution is -2.50. The number of rotatable bonds is 8. The molecule has 1 aliphatic heterocycles. The molecule has 1 aliphatic rings. The smallest absolute Gasteiger partial charge is 0.261 e. The summed E-state index contributed by atoms with van der Waals surface area (Å²) in [5.41, 5.74) is 1.45. The van der Waals surface area contributed by atoms with E-state index < -0.39 is 10.0 Å². The molecule has 1 amide bonds. The molecule has 8 nitrogen and oxygen atoms in total. The molecule has 4 rings (SSSR count). The Morgan fingerprint density at radius 3 is 2.31 bits per heavy atom. The zero-order chi connectivity index (χ0) is 24.8. The second-order valence-electron chi connectivity index (χ2n) is 7.89. The van der Waals surface area contributed by atoms with E-state index in [1.165, 1.54) is 18.2 Å². The molecule has 3 aromatic carbocycles. The Balaban J connectivity index is 1.32. The number of hydrogen-bond acceptors (Lipinski definition) is 6. The highest BCUT2D eigenvalue weighted by Crippen LogP contribution is 2.30. The van der Waals surface area contributed by atoms with Crippen LogP contribution in [0.4, 0.5) is 11.4 Å². The minimum Gasteiger partial charge on any atom is -0.495 e. The van der Waals surface area contributed by atoms with Crippen molar-refractivity contribution in [2.45, 2.75) is 4.90 Å². The molecule has 10 heteroatoms. The SMILES string of the molecule is COc1ccccc1N1CCN(C(=O)COc2ccc(S(=O)(=O)Nc3ccccc3)cc2Cl)CC1. The van der Waals surface area contributed by atoms with Gasteiger partial charge in [-0.3, -0.25) is 9.52 Å². The highest BCUT2D eigenvalue weighted by atomic mass is 35.5. The summed E-state index contributed by atoms with van der Waals surface area (Å²) < 4.78 is 38.8. The lowest BCUT2D eigenvalue weighted by molar-refractivity contribution is -0.133. The predicted octanol–water partition coefficient (Wildman–Crippen LogP) is 3.88. The van der Waals surface area contributed by atoms with Gasteiger partial charge in [0.15, 0.2) is 6.61 Å². The van der Waals surface area contributed by atoms with Gasteiger partial charge in [0.05, 0.1) is 22.7 Å². The van der Waals surface area contributed by atoms with Crippen molar-refractivity contribution in [3.8, 4) is 11.5 Å². The zero-order valence-electron chi connectivity index (χ0n) is 19.2. The number of hydrogen-bond donors (Lipinski definition) is 1. The van der Waals surface area contributed by atoms with Gasteiger partial charge in [-0.2, -0.15) is 0 Å². The Kier molecular flexibility index (Phi) is 7.67. The molecule has 1 saturated heterocycles. The number of nitrogens with zero attached hydrogens (tertiary/aromatic N) is 2. The molecule has 184 valence electrons. The topological polar surface area (TPSA) is 88.2 Å². The molecule has 3 aromatic rings. The molecule has 1 fully saturated rings. The number of anilines is 2. The van der Waals surface area contributed by atoms with E-state index in [0.717, 1.165) is 11.4 Å². The van der Waals surface area contributed by atoms with Crippen molar-refractivity contribution in [3.05, 3.63) is 77.8 Å². The highest BCUT2D eigenvalue weighted by Gasteiger charge is 2.23. The highest BCUT2D eigenvalue weighted by molar-refractivity contribution is 7.92. The quantitative estimate of drug-likeness (QED) is 0.490. The summed E-state index contributed by atoms with van der Waals surface area (Å²) in [6.07, 6.45) is 0. The standard InChI is InChI=1S/C25H26ClN3O5S/c1-33-24-10-6-5-9-22(24)28-13-15-29(16-14-28)25(30)18-34-23-12-11-20(17-21(23)26)35(31,32)27-19-7-3-2-4-8-19/h2-12,17,27H,13-16,18H2,1H3. The number of carbonyl (C=O) groups is 1. The van der Waals surface area contributed by atoms with Crippen molar-refractivity contribution in [2.24, 2.45) is 0 Å². The summed E-state index contributed by atoms with van der Waals surface area (Å²) in [7, 11) is -2.17. The van der Waals surface area contributed by atoms with Crippen LogP contribution >= 0.6 is 11.6 Å². The van der Waals surface area contributed by atoms with Gasteiger partial charge in [0.25, 0.3) is 15.9 Å². The summed E-state index contributed by atoms with van der Waals surface area (Å²) in [6, 6.07) is 20.5. The summed E-state index contributed by atoms with van der Waals surface area (Å²) >= 11 is 6.26. The Morgan fingerprint density at radius 1 is 0.943 bits per heavy atom. The zero-order valence-corrected chi connectivity index (χ0v) is 20.8. The number of ether oxygens (including phenoxy) is 2. The van der Waals surface area contributed by atoms with Crippen LogP contribution in [0.2, 0.25) is 5.02 Å². The summed E-state index contributed by atoms with van der Waals surface area (Å²) in [6.45, 7) is 2.26. The second-order valence-corrected chi connectivity index (χ2v) is 9.98. The van der Waals surface area contributed by atoms with E-state index >= 15 is 0 Å². The van der Waals surface area contributed by atoms with Crippen LogP contribution in [0.25, 0.3) is 0 Å². The minimum absolute atomic E-state index is 0.00232. The number of benzene rings is 3. The van der Waals surface area contributed by atoms with Gasteiger partial charge < -0.3 is 19.3 Å². The molecule has 35 heavy (non-hydrogen) atoms. The van der Waals surface area contributed by atoms with E-state index in [0.29, 0.717) is 31.9 Å². The van der Waals surface area contributed by atoms with Crippen LogP contribution in [0.3, 0.4) is 0 Å². The molecule has 1 N–H and O–H groups in total. The van der Waals surface area contributed by atoms with Gasteiger partial charge in [-0.25, -0.2) is 8.42 Å². The maximum Gasteiger partial charge on any atom is 0.261 e. The Morgan fingerprint density at radius 2 is 1.63 bits per heavy atom. The van der Waals surface area contributed by atoms with E-state index in [9.17, 15) is 13.2 Å². The van der Waals surface area contributed by atoms with E-state index in [2.05, 4.69) is 9.62 Å². The first-order valence-corrected chi connectivity index (χ1v) is 12.9. The largest absolute Gasteiger partial charge is 0.495 e. The first-order chi connectivity index (χ1) is 16.9. The van der Waals surface area contributed by atoms with Crippen molar-refractivity contribution < 1.29 is 22.7 Å². The van der Waals surface area contributed by atoms with Crippen LogP contribution in [0.1, 0.15) is 0 Å². The fourth-order valence-electron chi connectivity index (χ4n) is 3.80. The van der Waals surface area contributed by atoms with E-state index in [1.54, 1.807) is 42.3 Å².